The van der Waals surface area contributed by atoms with E-state index in [1.165, 1.54) is 0 Å². The van der Waals surface area contributed by atoms with Crippen molar-refractivity contribution in [3.8, 4) is 0 Å². The fourth-order valence-corrected chi connectivity index (χ4v) is 2.54. The number of rotatable bonds is 7. The Morgan fingerprint density at radius 3 is 2.86 bits per heavy atom. The van der Waals surface area contributed by atoms with Gasteiger partial charge in [0, 0.05) is 6.04 Å². The third kappa shape index (κ3) is 4.31. The number of carbonyl (C=O) groups excluding carboxylic acids is 1. The molecule has 0 aliphatic heterocycles. The Morgan fingerprint density at radius 2 is 2.18 bits per heavy atom. The van der Waals surface area contributed by atoms with Crippen LogP contribution in [0.3, 0.4) is 0 Å². The molecule has 0 bridgehead atoms. The minimum atomic E-state index is -0.895. The number of aromatic amines is 1. The predicted molar refractivity (Wildman–Crippen MR) is 83.6 cm³/mol. The minimum absolute atomic E-state index is 0.0433. The molecule has 0 unspecified atom stereocenters. The van der Waals surface area contributed by atoms with Gasteiger partial charge in [-0.2, -0.15) is 0 Å². The topological polar surface area (TPSA) is 95.1 Å². The van der Waals surface area contributed by atoms with E-state index in [-0.39, 0.29) is 24.8 Å². The molecule has 0 saturated heterocycles. The first-order chi connectivity index (χ1) is 10.5. The maximum absolute atomic E-state index is 12.1. The summed E-state index contributed by atoms with van der Waals surface area (Å²) in [7, 11) is 0. The van der Waals surface area contributed by atoms with E-state index in [2.05, 4.69) is 15.3 Å². The maximum Gasteiger partial charge on any atom is 0.305 e. The second-order valence-corrected chi connectivity index (χ2v) is 5.50. The lowest BCUT2D eigenvalue weighted by Gasteiger charge is -2.16. The number of hydrogen-bond donors (Lipinski definition) is 3. The number of carboxylic acid groups (broad SMARTS) is 1. The van der Waals surface area contributed by atoms with Crippen LogP contribution in [0, 0.1) is 6.92 Å². The van der Waals surface area contributed by atoms with Crippen LogP contribution in [0.5, 0.6) is 0 Å². The van der Waals surface area contributed by atoms with E-state index >= 15 is 0 Å². The number of aromatic nitrogens is 2. The van der Waals surface area contributed by atoms with Crippen molar-refractivity contribution in [2.75, 3.05) is 0 Å². The third-order valence-corrected chi connectivity index (χ3v) is 3.45. The van der Waals surface area contributed by atoms with Crippen molar-refractivity contribution in [2.24, 2.45) is 0 Å². The average molecular weight is 303 g/mol. The van der Waals surface area contributed by atoms with Crippen molar-refractivity contribution >= 4 is 22.9 Å². The highest BCUT2D eigenvalue weighted by molar-refractivity contribution is 5.82. The van der Waals surface area contributed by atoms with Crippen LogP contribution >= 0.6 is 0 Å². The molecule has 1 amide bonds. The molecular weight excluding hydrogens is 282 g/mol. The van der Waals surface area contributed by atoms with Gasteiger partial charge in [0.2, 0.25) is 5.91 Å². The van der Waals surface area contributed by atoms with Crippen molar-refractivity contribution in [3.63, 3.8) is 0 Å². The Morgan fingerprint density at radius 1 is 1.41 bits per heavy atom. The smallest absolute Gasteiger partial charge is 0.305 e. The SMILES string of the molecule is CCC[C@H](CC(=O)O)NC(=O)Cc1ccc2nc(C)[nH]c2c1. The van der Waals surface area contributed by atoms with Crippen LogP contribution in [0.15, 0.2) is 18.2 Å². The standard InChI is InChI=1S/C16H21N3O3/c1-3-4-12(9-16(21)22)19-15(20)8-11-5-6-13-14(7-11)18-10(2)17-13/h5-7,12H,3-4,8-9H2,1-2H3,(H,17,18)(H,19,20)(H,21,22)/t12-/m1/s1. The summed E-state index contributed by atoms with van der Waals surface area (Å²) in [5, 5.41) is 11.7. The van der Waals surface area contributed by atoms with Crippen LogP contribution in [0.1, 0.15) is 37.6 Å². The summed E-state index contributed by atoms with van der Waals surface area (Å²) < 4.78 is 0. The van der Waals surface area contributed by atoms with Crippen molar-refractivity contribution < 1.29 is 14.7 Å². The number of nitrogens with zero attached hydrogens (tertiary/aromatic N) is 1. The number of hydrogen-bond acceptors (Lipinski definition) is 3. The van der Waals surface area contributed by atoms with Crippen LogP contribution in [0.2, 0.25) is 0 Å². The van der Waals surface area contributed by atoms with Gasteiger partial charge in [-0.15, -0.1) is 0 Å². The van der Waals surface area contributed by atoms with Gasteiger partial charge in [0.05, 0.1) is 23.9 Å². The number of imidazole rings is 1. The van der Waals surface area contributed by atoms with Gasteiger partial charge in [-0.1, -0.05) is 19.4 Å². The Bertz CT molecular complexity index is 678. The molecule has 1 aromatic heterocycles. The van der Waals surface area contributed by atoms with Crippen LogP contribution < -0.4 is 5.32 Å². The monoisotopic (exact) mass is 303 g/mol. The summed E-state index contributed by atoms with van der Waals surface area (Å²) in [6, 6.07) is 5.34. The molecule has 6 nitrogen and oxygen atoms in total. The summed E-state index contributed by atoms with van der Waals surface area (Å²) in [6.07, 6.45) is 1.68. The Hall–Kier alpha value is -2.37. The number of aryl methyl sites for hydroxylation is 1. The molecule has 118 valence electrons. The van der Waals surface area contributed by atoms with Crippen molar-refractivity contribution in [1.29, 1.82) is 0 Å². The van der Waals surface area contributed by atoms with Gasteiger partial charge < -0.3 is 15.4 Å². The molecule has 0 radical (unpaired) electrons. The lowest BCUT2D eigenvalue weighted by molar-refractivity contribution is -0.137. The molecule has 3 N–H and O–H groups in total. The van der Waals surface area contributed by atoms with Gasteiger partial charge in [0.25, 0.3) is 0 Å². The molecule has 0 aliphatic carbocycles. The highest BCUT2D eigenvalue weighted by Crippen LogP contribution is 2.14. The number of carboxylic acids is 1. The Kier molecular flexibility index (Phi) is 5.14. The zero-order valence-electron chi connectivity index (χ0n) is 12.8. The first kappa shape index (κ1) is 16.0. The predicted octanol–water partition coefficient (Wildman–Crippen LogP) is 2.17. The van der Waals surface area contributed by atoms with E-state index in [4.69, 9.17) is 5.11 Å². The molecule has 2 aromatic rings. The molecular formula is C16H21N3O3. The van der Waals surface area contributed by atoms with Gasteiger partial charge in [-0.3, -0.25) is 9.59 Å². The van der Waals surface area contributed by atoms with Gasteiger partial charge >= 0.3 is 5.97 Å². The second-order valence-electron chi connectivity index (χ2n) is 5.50. The minimum Gasteiger partial charge on any atom is -0.481 e. The number of benzene rings is 1. The molecule has 0 spiro atoms. The second kappa shape index (κ2) is 7.06. The van der Waals surface area contributed by atoms with Gasteiger partial charge in [0.1, 0.15) is 5.82 Å². The van der Waals surface area contributed by atoms with Gasteiger partial charge in [0.15, 0.2) is 0 Å². The summed E-state index contributed by atoms with van der Waals surface area (Å²) >= 11 is 0. The number of H-pyrrole nitrogens is 1. The largest absolute Gasteiger partial charge is 0.481 e. The molecule has 2 rings (SSSR count). The molecule has 1 atom stereocenters. The Labute approximate surface area is 128 Å². The van der Waals surface area contributed by atoms with Gasteiger partial charge in [-0.25, -0.2) is 4.98 Å². The number of fused-ring (bicyclic) bond motifs is 1. The number of amides is 1. The molecule has 1 heterocycles. The van der Waals surface area contributed by atoms with Crippen molar-refractivity contribution in [2.45, 2.75) is 45.6 Å². The van der Waals surface area contributed by atoms with Crippen LogP contribution in [-0.4, -0.2) is 33.0 Å². The van der Waals surface area contributed by atoms with E-state index in [9.17, 15) is 9.59 Å². The first-order valence-corrected chi connectivity index (χ1v) is 7.44. The van der Waals surface area contributed by atoms with Crippen LogP contribution in [-0.2, 0) is 16.0 Å². The number of aliphatic carboxylic acids is 1. The summed E-state index contributed by atoms with van der Waals surface area (Å²) in [4.78, 5) is 30.4. The van der Waals surface area contributed by atoms with Crippen LogP contribution in [0.4, 0.5) is 0 Å². The van der Waals surface area contributed by atoms with E-state index in [1.807, 2.05) is 32.0 Å². The molecule has 22 heavy (non-hydrogen) atoms. The van der Waals surface area contributed by atoms with E-state index in [0.29, 0.717) is 6.42 Å². The lowest BCUT2D eigenvalue weighted by Crippen LogP contribution is -2.37. The Balaban J connectivity index is 2.00. The number of nitrogens with one attached hydrogen (secondary N) is 2. The quantitative estimate of drug-likeness (QED) is 0.730. The molecule has 1 aromatic carbocycles. The molecule has 0 saturated carbocycles. The first-order valence-electron chi connectivity index (χ1n) is 7.44. The van der Waals surface area contributed by atoms with Crippen LogP contribution in [0.25, 0.3) is 11.0 Å². The third-order valence-electron chi connectivity index (χ3n) is 3.45. The zero-order chi connectivity index (χ0) is 16.1. The lowest BCUT2D eigenvalue weighted by atomic mass is 10.1. The number of carbonyl (C=O) groups is 2. The molecule has 0 fully saturated rings. The fraction of sp³-hybridized carbons (Fsp3) is 0.438. The summed E-state index contributed by atoms with van der Waals surface area (Å²) in [5.41, 5.74) is 2.65. The van der Waals surface area contributed by atoms with E-state index in [1.54, 1.807) is 0 Å². The highest BCUT2D eigenvalue weighted by atomic mass is 16.4. The zero-order valence-corrected chi connectivity index (χ0v) is 12.8. The van der Waals surface area contributed by atoms with Crippen molar-refractivity contribution in [3.05, 3.63) is 29.6 Å². The summed E-state index contributed by atoms with van der Waals surface area (Å²) in [5.74, 6) is -0.218. The van der Waals surface area contributed by atoms with Crippen molar-refractivity contribution in [1.82, 2.24) is 15.3 Å². The molecule has 6 heteroatoms. The normalized spacial score (nSPS) is 12.3. The van der Waals surface area contributed by atoms with E-state index in [0.717, 1.165) is 28.8 Å². The maximum atomic E-state index is 12.1. The fourth-order valence-electron chi connectivity index (χ4n) is 2.54. The molecule has 0 aliphatic rings. The van der Waals surface area contributed by atoms with Gasteiger partial charge in [-0.05, 0) is 31.0 Å². The average Bonchev–Trinajstić information content (AvgIpc) is 2.77. The van der Waals surface area contributed by atoms with E-state index < -0.39 is 5.97 Å². The highest BCUT2D eigenvalue weighted by Gasteiger charge is 2.15. The summed E-state index contributed by atoms with van der Waals surface area (Å²) in [6.45, 7) is 3.85.